The van der Waals surface area contributed by atoms with E-state index >= 15 is 0 Å². The van der Waals surface area contributed by atoms with Crippen LogP contribution in [0.4, 0.5) is 0 Å². The summed E-state index contributed by atoms with van der Waals surface area (Å²) in [7, 11) is 0. The number of carbonyl (C=O) groups excluding carboxylic acids is 1. The van der Waals surface area contributed by atoms with Gasteiger partial charge in [0.05, 0.1) is 5.92 Å². The quantitative estimate of drug-likeness (QED) is 0.585. The highest BCUT2D eigenvalue weighted by Crippen LogP contribution is 2.41. The van der Waals surface area contributed by atoms with Gasteiger partial charge in [-0.25, -0.2) is 0 Å². The summed E-state index contributed by atoms with van der Waals surface area (Å²) >= 11 is 0. The lowest BCUT2D eigenvalue weighted by molar-refractivity contribution is -0.215. The third-order valence-corrected chi connectivity index (χ3v) is 2.83. The summed E-state index contributed by atoms with van der Waals surface area (Å²) in [6.07, 6.45) is 2.82. The Balaban J connectivity index is 2.65. The summed E-state index contributed by atoms with van der Waals surface area (Å²) in [6, 6.07) is 0. The second-order valence-electron chi connectivity index (χ2n) is 3.15. The van der Waals surface area contributed by atoms with E-state index in [2.05, 4.69) is 13.8 Å². The van der Waals surface area contributed by atoms with Crippen LogP contribution < -0.4 is 0 Å². The van der Waals surface area contributed by atoms with Crippen molar-refractivity contribution in [2.24, 2.45) is 5.92 Å². The number of ether oxygens (including phenoxy) is 1. The lowest BCUT2D eigenvalue weighted by Gasteiger charge is -2.46. The summed E-state index contributed by atoms with van der Waals surface area (Å²) < 4.78 is 5.19. The standard InChI is InChI=1S/C9H16O2/c1-4-7-8(10)11-9(7,5-2)6-3/h7H,4-6H2,1-3H3/t7-/m0/s1. The zero-order valence-electron chi connectivity index (χ0n) is 7.52. The Kier molecular flexibility index (Phi) is 2.21. The summed E-state index contributed by atoms with van der Waals surface area (Å²) in [5, 5.41) is 0. The summed E-state index contributed by atoms with van der Waals surface area (Å²) in [5.41, 5.74) is -0.105. The topological polar surface area (TPSA) is 26.3 Å². The number of cyclic esters (lactones) is 1. The van der Waals surface area contributed by atoms with Crippen LogP contribution in [-0.4, -0.2) is 11.6 Å². The molecule has 2 heteroatoms. The molecule has 64 valence electrons. The third kappa shape index (κ3) is 1.05. The molecule has 1 saturated heterocycles. The highest BCUT2D eigenvalue weighted by atomic mass is 16.6. The van der Waals surface area contributed by atoms with Gasteiger partial charge in [-0.2, -0.15) is 0 Å². The van der Waals surface area contributed by atoms with Crippen molar-refractivity contribution in [3.8, 4) is 0 Å². The summed E-state index contributed by atoms with van der Waals surface area (Å²) in [6.45, 7) is 6.21. The predicted octanol–water partition coefficient (Wildman–Crippen LogP) is 2.13. The molecule has 0 aromatic carbocycles. The van der Waals surface area contributed by atoms with Gasteiger partial charge in [0.2, 0.25) is 0 Å². The van der Waals surface area contributed by atoms with Crippen LogP contribution in [0.2, 0.25) is 0 Å². The zero-order chi connectivity index (χ0) is 8.48. The van der Waals surface area contributed by atoms with Gasteiger partial charge in [0.25, 0.3) is 0 Å². The van der Waals surface area contributed by atoms with Crippen LogP contribution in [0.25, 0.3) is 0 Å². The summed E-state index contributed by atoms with van der Waals surface area (Å²) in [5.74, 6) is 0.161. The van der Waals surface area contributed by atoms with Crippen molar-refractivity contribution < 1.29 is 9.53 Å². The fourth-order valence-corrected chi connectivity index (χ4v) is 1.93. The molecule has 2 nitrogen and oxygen atoms in total. The first-order chi connectivity index (χ1) is 5.20. The molecule has 11 heavy (non-hydrogen) atoms. The normalized spacial score (nSPS) is 27.5. The van der Waals surface area contributed by atoms with E-state index < -0.39 is 0 Å². The number of esters is 1. The molecule has 0 unspecified atom stereocenters. The maximum atomic E-state index is 11.0. The minimum atomic E-state index is -0.105. The van der Waals surface area contributed by atoms with E-state index in [9.17, 15) is 4.79 Å². The largest absolute Gasteiger partial charge is 0.458 e. The van der Waals surface area contributed by atoms with Crippen LogP contribution in [0.1, 0.15) is 40.0 Å². The fraction of sp³-hybridized carbons (Fsp3) is 0.889. The van der Waals surface area contributed by atoms with E-state index in [4.69, 9.17) is 4.74 Å². The van der Waals surface area contributed by atoms with Gasteiger partial charge in [-0.15, -0.1) is 0 Å². The first-order valence-electron chi connectivity index (χ1n) is 4.43. The van der Waals surface area contributed by atoms with Gasteiger partial charge in [-0.1, -0.05) is 20.8 Å². The molecule has 0 N–H and O–H groups in total. The minimum Gasteiger partial charge on any atom is -0.458 e. The first kappa shape index (κ1) is 8.57. The van der Waals surface area contributed by atoms with Crippen LogP contribution in [0, 0.1) is 5.92 Å². The fourth-order valence-electron chi connectivity index (χ4n) is 1.93. The monoisotopic (exact) mass is 156 g/mol. The molecule has 1 aliphatic rings. The molecule has 0 amide bonds. The molecule has 1 fully saturated rings. The van der Waals surface area contributed by atoms with E-state index in [1.807, 2.05) is 6.92 Å². The Hall–Kier alpha value is -0.530. The van der Waals surface area contributed by atoms with Gasteiger partial charge in [-0.05, 0) is 19.3 Å². The average molecular weight is 156 g/mol. The molecule has 1 aliphatic heterocycles. The molecule has 1 rings (SSSR count). The van der Waals surface area contributed by atoms with Crippen LogP contribution in [-0.2, 0) is 9.53 Å². The predicted molar refractivity (Wildman–Crippen MR) is 43.2 cm³/mol. The maximum Gasteiger partial charge on any atom is 0.313 e. The molecule has 0 spiro atoms. The van der Waals surface area contributed by atoms with Crippen molar-refractivity contribution in [2.45, 2.75) is 45.6 Å². The van der Waals surface area contributed by atoms with Gasteiger partial charge in [0.1, 0.15) is 5.60 Å². The Morgan fingerprint density at radius 1 is 1.36 bits per heavy atom. The molecular weight excluding hydrogens is 140 g/mol. The van der Waals surface area contributed by atoms with Gasteiger partial charge < -0.3 is 4.74 Å². The van der Waals surface area contributed by atoms with Crippen LogP contribution in [0.3, 0.4) is 0 Å². The second kappa shape index (κ2) is 2.84. The molecular formula is C9H16O2. The van der Waals surface area contributed by atoms with Crippen molar-refractivity contribution >= 4 is 5.97 Å². The highest BCUT2D eigenvalue weighted by molar-refractivity contribution is 5.80. The van der Waals surface area contributed by atoms with Gasteiger partial charge >= 0.3 is 5.97 Å². The lowest BCUT2D eigenvalue weighted by atomic mass is 9.76. The summed E-state index contributed by atoms with van der Waals surface area (Å²) in [4.78, 5) is 11.0. The molecule has 1 atom stereocenters. The number of hydrogen-bond acceptors (Lipinski definition) is 2. The molecule has 0 bridgehead atoms. The molecule has 0 radical (unpaired) electrons. The van der Waals surface area contributed by atoms with Gasteiger partial charge in [-0.3, -0.25) is 4.79 Å². The van der Waals surface area contributed by atoms with E-state index in [-0.39, 0.29) is 17.5 Å². The number of carbonyl (C=O) groups is 1. The lowest BCUT2D eigenvalue weighted by Crippen LogP contribution is -2.56. The van der Waals surface area contributed by atoms with Crippen molar-refractivity contribution in [1.29, 1.82) is 0 Å². The molecule has 0 aliphatic carbocycles. The maximum absolute atomic E-state index is 11.0. The Bertz CT molecular complexity index is 159. The third-order valence-electron chi connectivity index (χ3n) is 2.83. The van der Waals surface area contributed by atoms with Crippen LogP contribution >= 0.6 is 0 Å². The number of rotatable bonds is 3. The van der Waals surface area contributed by atoms with Crippen molar-refractivity contribution in [3.63, 3.8) is 0 Å². The first-order valence-corrected chi connectivity index (χ1v) is 4.43. The Labute approximate surface area is 67.9 Å². The molecule has 0 aromatic heterocycles. The van der Waals surface area contributed by atoms with Crippen LogP contribution in [0.5, 0.6) is 0 Å². The molecule has 0 aromatic rings. The molecule has 0 saturated carbocycles. The van der Waals surface area contributed by atoms with E-state index in [0.29, 0.717) is 0 Å². The molecule has 1 heterocycles. The second-order valence-corrected chi connectivity index (χ2v) is 3.15. The van der Waals surface area contributed by atoms with E-state index in [0.717, 1.165) is 19.3 Å². The van der Waals surface area contributed by atoms with Crippen molar-refractivity contribution in [1.82, 2.24) is 0 Å². The van der Waals surface area contributed by atoms with Crippen molar-refractivity contribution in [2.75, 3.05) is 0 Å². The van der Waals surface area contributed by atoms with Gasteiger partial charge in [0.15, 0.2) is 0 Å². The van der Waals surface area contributed by atoms with Gasteiger partial charge in [0, 0.05) is 0 Å². The number of hydrogen-bond donors (Lipinski definition) is 0. The highest BCUT2D eigenvalue weighted by Gasteiger charge is 2.52. The van der Waals surface area contributed by atoms with Crippen LogP contribution in [0.15, 0.2) is 0 Å². The smallest absolute Gasteiger partial charge is 0.313 e. The SMILES string of the molecule is CC[C@H]1C(=O)OC1(CC)CC. The Morgan fingerprint density at radius 2 is 1.91 bits per heavy atom. The Morgan fingerprint density at radius 3 is 2.09 bits per heavy atom. The van der Waals surface area contributed by atoms with E-state index in [1.54, 1.807) is 0 Å². The minimum absolute atomic E-state index is 0.00352. The van der Waals surface area contributed by atoms with E-state index in [1.165, 1.54) is 0 Å². The van der Waals surface area contributed by atoms with Crippen molar-refractivity contribution in [3.05, 3.63) is 0 Å². The average Bonchev–Trinajstić information content (AvgIpc) is 2.00. The zero-order valence-corrected chi connectivity index (χ0v) is 7.52.